The maximum atomic E-state index is 11.4. The number of rotatable bonds is 2. The third-order valence-electron chi connectivity index (χ3n) is 2.17. The highest BCUT2D eigenvalue weighted by Gasteiger charge is 2.38. The quantitative estimate of drug-likeness (QED) is 0.627. The second-order valence-corrected chi connectivity index (χ2v) is 4.00. The molecule has 1 unspecified atom stereocenters. The molecular weight excluding hydrogens is 170 g/mol. The molecule has 0 amide bonds. The largest absolute Gasteiger partial charge is 0.469 e. The van der Waals surface area contributed by atoms with Crippen LogP contribution in [0.1, 0.15) is 26.7 Å². The number of methoxy groups -OCH3 is 1. The number of carbonyl (C=O) groups is 2. The van der Waals surface area contributed by atoms with E-state index in [1.165, 1.54) is 7.11 Å². The molecule has 4 heteroatoms. The lowest BCUT2D eigenvalue weighted by Gasteiger charge is -2.17. The maximum Gasteiger partial charge on any atom is 0.307 e. The maximum absolute atomic E-state index is 11.4. The van der Waals surface area contributed by atoms with Gasteiger partial charge in [-0.15, -0.1) is 0 Å². The van der Waals surface area contributed by atoms with Crippen LogP contribution in [0.2, 0.25) is 0 Å². The van der Waals surface area contributed by atoms with Crippen LogP contribution in [0, 0.1) is 0 Å². The lowest BCUT2D eigenvalue weighted by Crippen LogP contribution is -2.39. The van der Waals surface area contributed by atoms with Gasteiger partial charge in [-0.2, -0.15) is 0 Å². The van der Waals surface area contributed by atoms with E-state index in [1.54, 1.807) is 0 Å². The van der Waals surface area contributed by atoms with Crippen molar-refractivity contribution in [1.29, 1.82) is 0 Å². The number of nitrogens with one attached hydrogen (secondary N) is 1. The minimum absolute atomic E-state index is 0.0930. The molecule has 0 radical (unpaired) electrons. The van der Waals surface area contributed by atoms with Gasteiger partial charge >= 0.3 is 5.97 Å². The van der Waals surface area contributed by atoms with Crippen molar-refractivity contribution in [2.45, 2.75) is 38.3 Å². The molecule has 1 saturated heterocycles. The van der Waals surface area contributed by atoms with E-state index < -0.39 is 0 Å². The molecule has 0 spiro atoms. The number of Topliss-reactive ketones (excluding diaryl/α,β-unsaturated/α-hetero) is 1. The van der Waals surface area contributed by atoms with Gasteiger partial charge in [-0.3, -0.25) is 9.59 Å². The fourth-order valence-electron chi connectivity index (χ4n) is 1.58. The lowest BCUT2D eigenvalue weighted by atomic mass is 10.0. The van der Waals surface area contributed by atoms with E-state index in [-0.39, 0.29) is 29.8 Å². The van der Waals surface area contributed by atoms with Gasteiger partial charge in [0, 0.05) is 12.0 Å². The van der Waals surface area contributed by atoms with Crippen molar-refractivity contribution in [2.75, 3.05) is 7.11 Å². The number of carbonyl (C=O) groups excluding carboxylic acids is 2. The van der Waals surface area contributed by atoms with Crippen LogP contribution < -0.4 is 5.32 Å². The minimum Gasteiger partial charge on any atom is -0.469 e. The van der Waals surface area contributed by atoms with Crippen LogP contribution in [0.3, 0.4) is 0 Å². The third kappa shape index (κ3) is 2.52. The Bertz CT molecular complexity index is 235. The molecular formula is C9H15NO3. The highest BCUT2D eigenvalue weighted by atomic mass is 16.5. The zero-order valence-electron chi connectivity index (χ0n) is 8.22. The topological polar surface area (TPSA) is 55.4 Å². The highest BCUT2D eigenvalue weighted by Crippen LogP contribution is 2.20. The average molecular weight is 185 g/mol. The molecule has 74 valence electrons. The number of hydrogen-bond acceptors (Lipinski definition) is 4. The lowest BCUT2D eigenvalue weighted by molar-refractivity contribution is -0.142. The van der Waals surface area contributed by atoms with Gasteiger partial charge in [0.2, 0.25) is 0 Å². The molecule has 1 heterocycles. The van der Waals surface area contributed by atoms with Crippen LogP contribution in [0.15, 0.2) is 0 Å². The van der Waals surface area contributed by atoms with E-state index in [1.807, 2.05) is 13.8 Å². The van der Waals surface area contributed by atoms with Gasteiger partial charge in [0.15, 0.2) is 5.78 Å². The second kappa shape index (κ2) is 3.46. The summed E-state index contributed by atoms with van der Waals surface area (Å²) in [4.78, 5) is 22.3. The van der Waals surface area contributed by atoms with E-state index in [2.05, 4.69) is 10.1 Å². The predicted octanol–water partition coefficient (Wildman–Crippen LogP) is 0.259. The average Bonchev–Trinajstić information content (AvgIpc) is 2.24. The van der Waals surface area contributed by atoms with Crippen LogP contribution in [0.4, 0.5) is 0 Å². The van der Waals surface area contributed by atoms with Crippen molar-refractivity contribution in [2.24, 2.45) is 0 Å². The molecule has 0 aromatic carbocycles. The van der Waals surface area contributed by atoms with E-state index in [9.17, 15) is 9.59 Å². The van der Waals surface area contributed by atoms with Crippen LogP contribution in [-0.2, 0) is 14.3 Å². The second-order valence-electron chi connectivity index (χ2n) is 4.00. The molecule has 0 saturated carbocycles. The summed E-state index contributed by atoms with van der Waals surface area (Å²) in [5.74, 6) is -0.251. The third-order valence-corrected chi connectivity index (χ3v) is 2.17. The van der Waals surface area contributed by atoms with Crippen LogP contribution >= 0.6 is 0 Å². The zero-order chi connectivity index (χ0) is 10.1. The molecule has 0 bridgehead atoms. The number of ether oxygens (including phenoxy) is 1. The van der Waals surface area contributed by atoms with Crippen LogP contribution in [0.25, 0.3) is 0 Å². The van der Waals surface area contributed by atoms with Crippen molar-refractivity contribution in [3.63, 3.8) is 0 Å². The molecule has 0 aromatic rings. The molecule has 1 aliphatic heterocycles. The Morgan fingerprint density at radius 1 is 1.69 bits per heavy atom. The van der Waals surface area contributed by atoms with Gasteiger partial charge in [0.05, 0.1) is 19.6 Å². The summed E-state index contributed by atoms with van der Waals surface area (Å²) >= 11 is 0. The molecule has 1 aliphatic rings. The summed E-state index contributed by atoms with van der Waals surface area (Å²) in [6, 6.07) is -0.359. The van der Waals surface area contributed by atoms with Crippen molar-refractivity contribution >= 4 is 11.8 Å². The Hall–Kier alpha value is -0.900. The SMILES string of the molecule is COC(=O)CC1NC(C)(C)CC1=O. The standard InChI is InChI=1S/C9H15NO3/c1-9(2)5-7(11)6(10-9)4-8(12)13-3/h6,10H,4-5H2,1-3H3. The van der Waals surface area contributed by atoms with Gasteiger partial charge in [0.1, 0.15) is 0 Å². The molecule has 1 atom stereocenters. The summed E-state index contributed by atoms with van der Waals surface area (Å²) in [6.45, 7) is 3.89. The Kier molecular flexibility index (Phi) is 2.71. The number of ketones is 1. The summed E-state index contributed by atoms with van der Waals surface area (Å²) < 4.78 is 4.50. The monoisotopic (exact) mass is 185 g/mol. The molecule has 4 nitrogen and oxygen atoms in total. The first-order chi connectivity index (χ1) is 5.94. The van der Waals surface area contributed by atoms with Crippen molar-refractivity contribution < 1.29 is 14.3 Å². The van der Waals surface area contributed by atoms with E-state index in [0.717, 1.165) is 0 Å². The van der Waals surface area contributed by atoms with Gasteiger partial charge < -0.3 is 10.1 Å². The normalized spacial score (nSPS) is 26.1. The van der Waals surface area contributed by atoms with Gasteiger partial charge in [-0.25, -0.2) is 0 Å². The summed E-state index contributed by atoms with van der Waals surface area (Å²) in [7, 11) is 1.33. The Labute approximate surface area is 77.6 Å². The van der Waals surface area contributed by atoms with Crippen molar-refractivity contribution in [3.8, 4) is 0 Å². The van der Waals surface area contributed by atoms with E-state index in [4.69, 9.17) is 0 Å². The summed E-state index contributed by atoms with van der Waals surface area (Å²) in [5.41, 5.74) is -0.185. The van der Waals surface area contributed by atoms with Crippen molar-refractivity contribution in [3.05, 3.63) is 0 Å². The first-order valence-corrected chi connectivity index (χ1v) is 4.32. The molecule has 1 rings (SSSR count). The van der Waals surface area contributed by atoms with Crippen molar-refractivity contribution in [1.82, 2.24) is 5.32 Å². The fraction of sp³-hybridized carbons (Fsp3) is 0.778. The minimum atomic E-state index is -0.359. The van der Waals surface area contributed by atoms with Crippen LogP contribution in [-0.4, -0.2) is 30.4 Å². The first-order valence-electron chi connectivity index (χ1n) is 4.32. The van der Waals surface area contributed by atoms with E-state index >= 15 is 0 Å². The van der Waals surface area contributed by atoms with Crippen LogP contribution in [0.5, 0.6) is 0 Å². The molecule has 0 aromatic heterocycles. The van der Waals surface area contributed by atoms with Gasteiger partial charge in [0.25, 0.3) is 0 Å². The number of hydrogen-bond donors (Lipinski definition) is 1. The fourth-order valence-corrected chi connectivity index (χ4v) is 1.58. The molecule has 13 heavy (non-hydrogen) atoms. The Morgan fingerprint density at radius 2 is 2.31 bits per heavy atom. The summed E-state index contributed by atoms with van der Waals surface area (Å²) in [6.07, 6.45) is 0.618. The predicted molar refractivity (Wildman–Crippen MR) is 47.3 cm³/mol. The first kappa shape index (κ1) is 10.2. The molecule has 1 fully saturated rings. The van der Waals surface area contributed by atoms with Gasteiger partial charge in [-0.05, 0) is 13.8 Å². The number of esters is 1. The summed E-state index contributed by atoms with van der Waals surface area (Å²) in [5, 5.41) is 3.09. The van der Waals surface area contributed by atoms with E-state index in [0.29, 0.717) is 6.42 Å². The Morgan fingerprint density at radius 3 is 2.69 bits per heavy atom. The smallest absolute Gasteiger partial charge is 0.307 e. The zero-order valence-corrected chi connectivity index (χ0v) is 8.22. The molecule has 0 aliphatic carbocycles. The van der Waals surface area contributed by atoms with Gasteiger partial charge in [-0.1, -0.05) is 0 Å². The molecule has 1 N–H and O–H groups in total. The highest BCUT2D eigenvalue weighted by molar-refractivity contribution is 5.91. The Balaban J connectivity index is 2.54.